The van der Waals surface area contributed by atoms with Gasteiger partial charge in [0, 0.05) is 76.0 Å². The highest BCUT2D eigenvalue weighted by Gasteiger charge is 2.32. The molecule has 0 aliphatic heterocycles. The van der Waals surface area contributed by atoms with Gasteiger partial charge in [0.1, 0.15) is 0 Å². The summed E-state index contributed by atoms with van der Waals surface area (Å²) in [7, 11) is 3.16. The summed E-state index contributed by atoms with van der Waals surface area (Å²) in [6.45, 7) is 5.21. The van der Waals surface area contributed by atoms with E-state index in [2.05, 4.69) is 38.0 Å². The fraction of sp³-hybridized carbons (Fsp3) is 0.405. The smallest absolute Gasteiger partial charge is 0.356 e. The molecular formula is C37H45Cl2N7O7. The van der Waals surface area contributed by atoms with Gasteiger partial charge in [0.25, 0.3) is 5.91 Å². The summed E-state index contributed by atoms with van der Waals surface area (Å²) in [5.41, 5.74) is 4.77. The molecule has 0 saturated heterocycles. The lowest BCUT2D eigenvalue weighted by Crippen LogP contribution is -2.32. The van der Waals surface area contributed by atoms with Crippen molar-refractivity contribution in [2.75, 3.05) is 38.0 Å². The second-order valence-corrected chi connectivity index (χ2v) is 13.3. The molecule has 0 spiro atoms. The number of fused-ring (bicyclic) bond motifs is 2. The van der Waals surface area contributed by atoms with Crippen molar-refractivity contribution < 1.29 is 33.9 Å². The number of amides is 3. The summed E-state index contributed by atoms with van der Waals surface area (Å²) in [6.07, 6.45) is 4.58. The van der Waals surface area contributed by atoms with Gasteiger partial charge in [-0.2, -0.15) is 10.2 Å². The van der Waals surface area contributed by atoms with Gasteiger partial charge in [-0.15, -0.1) is 0 Å². The van der Waals surface area contributed by atoms with Crippen LogP contribution in [0.4, 0.5) is 11.4 Å². The number of methoxy groups -OCH3 is 1. The van der Waals surface area contributed by atoms with E-state index in [0.29, 0.717) is 77.7 Å². The molecule has 2 aromatic carbocycles. The lowest BCUT2D eigenvalue weighted by atomic mass is 9.85. The van der Waals surface area contributed by atoms with Crippen LogP contribution in [0.5, 0.6) is 0 Å². The molecule has 6 rings (SSSR count). The van der Waals surface area contributed by atoms with Gasteiger partial charge < -0.3 is 20.5 Å². The summed E-state index contributed by atoms with van der Waals surface area (Å²) in [6, 6.07) is 14.0. The minimum absolute atomic E-state index is 0.00950. The first-order valence-corrected chi connectivity index (χ1v) is 18.1. The number of aromatic nitrogens is 4. The van der Waals surface area contributed by atoms with Gasteiger partial charge in [0.05, 0.1) is 7.11 Å². The second kappa shape index (κ2) is 19.9. The van der Waals surface area contributed by atoms with Gasteiger partial charge in [-0.3, -0.25) is 29.4 Å². The maximum atomic E-state index is 12.6. The first-order valence-electron chi connectivity index (χ1n) is 17.3. The number of carboxylic acids is 1. The van der Waals surface area contributed by atoms with Crippen LogP contribution in [0.25, 0.3) is 0 Å². The number of hydroxylamine groups is 2. The summed E-state index contributed by atoms with van der Waals surface area (Å²) in [5.74, 6) is -2.11. The summed E-state index contributed by atoms with van der Waals surface area (Å²) >= 11 is 11.9. The van der Waals surface area contributed by atoms with E-state index >= 15 is 0 Å². The third kappa shape index (κ3) is 11.1. The van der Waals surface area contributed by atoms with Crippen molar-refractivity contribution in [2.24, 2.45) is 11.8 Å². The van der Waals surface area contributed by atoms with E-state index in [1.807, 2.05) is 6.92 Å². The molecule has 2 unspecified atom stereocenters. The predicted octanol–water partition coefficient (Wildman–Crippen LogP) is 6.38. The van der Waals surface area contributed by atoms with Crippen LogP contribution in [0.2, 0.25) is 10.0 Å². The Labute approximate surface area is 317 Å². The van der Waals surface area contributed by atoms with Crippen LogP contribution in [-0.4, -0.2) is 81.6 Å². The normalized spacial score (nSPS) is 15.7. The van der Waals surface area contributed by atoms with Gasteiger partial charge in [0.2, 0.25) is 11.8 Å². The number of nitrogens with one attached hydrogen (secondary N) is 4. The van der Waals surface area contributed by atoms with Crippen molar-refractivity contribution in [2.45, 2.75) is 58.8 Å². The second-order valence-electron chi connectivity index (χ2n) is 12.4. The van der Waals surface area contributed by atoms with Crippen molar-refractivity contribution in [3.8, 4) is 0 Å². The number of hydrogen-bond acceptors (Lipinski definition) is 8. The average molecular weight is 771 g/mol. The standard InChI is InChI=1S/C18H21ClN4O3.C15H14ClN3O3.C4H10O/c1-3-23(26-2)18(25)16-14-9-11(7-8-15(14)21-22-16)17(24)20-13-6-4-5-12(19)10-13;16-9-2-1-3-10(7-9)17-14(20)8-4-5-12-11(6-8)13(15(21)22)19-18-12;1-3-4-5-2/h4-6,10-11H,3,7-9H2,1-2H3,(H,20,24)(H,21,22);1-3,7-8H,4-6H2,(H,17,20)(H,18,19)(H,21,22);3-4H2,1-2H3. The van der Waals surface area contributed by atoms with Gasteiger partial charge in [-0.05, 0) is 88.3 Å². The Morgan fingerprint density at radius 3 is 1.72 bits per heavy atom. The zero-order chi connectivity index (χ0) is 38.5. The largest absolute Gasteiger partial charge is 0.476 e. The Hall–Kier alpha value is -4.76. The lowest BCUT2D eigenvalue weighted by molar-refractivity contribution is -0.121. The Morgan fingerprint density at radius 2 is 1.32 bits per heavy atom. The first-order chi connectivity index (χ1) is 25.5. The monoisotopic (exact) mass is 769 g/mol. The Kier molecular flexibility index (Phi) is 15.4. The molecule has 0 saturated carbocycles. The maximum absolute atomic E-state index is 12.6. The van der Waals surface area contributed by atoms with E-state index in [0.717, 1.165) is 30.0 Å². The van der Waals surface area contributed by atoms with Crippen LogP contribution in [0.1, 0.15) is 76.6 Å². The zero-order valence-electron chi connectivity index (χ0n) is 30.1. The van der Waals surface area contributed by atoms with E-state index < -0.39 is 5.97 Å². The van der Waals surface area contributed by atoms with Crippen molar-refractivity contribution in [1.82, 2.24) is 25.5 Å². The topological polar surface area (TPSA) is 192 Å². The van der Waals surface area contributed by atoms with Crippen molar-refractivity contribution in [3.63, 3.8) is 0 Å². The van der Waals surface area contributed by atoms with Crippen LogP contribution < -0.4 is 10.6 Å². The molecule has 2 aliphatic carbocycles. The van der Waals surface area contributed by atoms with Crippen LogP contribution >= 0.6 is 23.2 Å². The molecule has 16 heteroatoms. The molecule has 2 aromatic heterocycles. The molecule has 53 heavy (non-hydrogen) atoms. The van der Waals surface area contributed by atoms with E-state index in [4.69, 9.17) is 37.9 Å². The number of halogens is 2. The fourth-order valence-electron chi connectivity index (χ4n) is 6.09. The average Bonchev–Trinajstić information content (AvgIpc) is 3.77. The number of nitrogens with zero attached hydrogens (tertiary/aromatic N) is 3. The van der Waals surface area contributed by atoms with Gasteiger partial charge in [0.15, 0.2) is 11.4 Å². The summed E-state index contributed by atoms with van der Waals surface area (Å²) in [4.78, 5) is 53.8. The Morgan fingerprint density at radius 1 is 0.830 bits per heavy atom. The number of carbonyl (C=O) groups excluding carboxylic acids is 3. The van der Waals surface area contributed by atoms with Crippen LogP contribution in [-0.2, 0) is 44.8 Å². The highest BCUT2D eigenvalue weighted by molar-refractivity contribution is 6.31. The number of carboxylic acid groups (broad SMARTS) is 1. The van der Waals surface area contributed by atoms with E-state index in [9.17, 15) is 19.2 Å². The molecule has 14 nitrogen and oxygen atoms in total. The Balaban J connectivity index is 0.000000212. The quantitative estimate of drug-likeness (QED) is 0.114. The number of aromatic carboxylic acids is 1. The number of hydrogen-bond donors (Lipinski definition) is 5. The lowest BCUT2D eigenvalue weighted by Gasteiger charge is -2.23. The molecule has 2 atom stereocenters. The summed E-state index contributed by atoms with van der Waals surface area (Å²) < 4.78 is 4.69. The molecule has 3 amide bonds. The minimum Gasteiger partial charge on any atom is -0.476 e. The van der Waals surface area contributed by atoms with E-state index in [1.54, 1.807) is 55.6 Å². The first kappa shape index (κ1) is 41.0. The zero-order valence-corrected chi connectivity index (χ0v) is 31.6. The number of anilines is 2. The van der Waals surface area contributed by atoms with Gasteiger partial charge in [-0.25, -0.2) is 9.86 Å². The van der Waals surface area contributed by atoms with E-state index in [1.165, 1.54) is 12.2 Å². The molecule has 5 N–H and O–H groups in total. The number of aromatic amines is 2. The highest BCUT2D eigenvalue weighted by atomic mass is 35.5. The van der Waals surface area contributed by atoms with E-state index in [-0.39, 0.29) is 35.3 Å². The SMILES string of the molecule is CCCOC.CCN(OC)C(=O)c1n[nH]c2c1CC(C(=O)Nc1cccc(Cl)c1)CC2.O=C(O)c1n[nH]c2c1CC(C(=O)Nc1cccc(Cl)c1)CC2. The molecule has 0 bridgehead atoms. The molecule has 0 radical (unpaired) electrons. The number of aryl methyl sites for hydroxylation is 2. The van der Waals surface area contributed by atoms with Crippen LogP contribution in [0.3, 0.4) is 0 Å². The maximum Gasteiger partial charge on any atom is 0.356 e. The third-order valence-electron chi connectivity index (χ3n) is 8.77. The van der Waals surface area contributed by atoms with Gasteiger partial charge in [-0.1, -0.05) is 42.3 Å². The molecule has 4 aromatic rings. The molecular weight excluding hydrogens is 725 g/mol. The van der Waals surface area contributed by atoms with Crippen molar-refractivity contribution >= 4 is 58.3 Å². The Bertz CT molecular complexity index is 1870. The summed E-state index contributed by atoms with van der Waals surface area (Å²) in [5, 5.41) is 30.8. The number of carbonyl (C=O) groups is 4. The van der Waals surface area contributed by atoms with Crippen LogP contribution in [0, 0.1) is 11.8 Å². The molecule has 0 fully saturated rings. The minimum atomic E-state index is -1.08. The molecule has 2 heterocycles. The van der Waals surface area contributed by atoms with Gasteiger partial charge >= 0.3 is 5.97 Å². The fourth-order valence-corrected chi connectivity index (χ4v) is 6.47. The number of rotatable bonds is 10. The number of benzene rings is 2. The number of ether oxygens (including phenoxy) is 1. The predicted molar refractivity (Wildman–Crippen MR) is 201 cm³/mol. The third-order valence-corrected chi connectivity index (χ3v) is 9.24. The molecule has 2 aliphatic rings. The van der Waals surface area contributed by atoms with Crippen LogP contribution in [0.15, 0.2) is 48.5 Å². The molecule has 284 valence electrons. The highest BCUT2D eigenvalue weighted by Crippen LogP contribution is 2.30. The van der Waals surface area contributed by atoms with Crippen molar-refractivity contribution in [3.05, 3.63) is 92.5 Å². The van der Waals surface area contributed by atoms with Crippen molar-refractivity contribution in [1.29, 1.82) is 0 Å². The number of H-pyrrole nitrogens is 2.